The lowest BCUT2D eigenvalue weighted by atomic mass is 9.97. The molecule has 1 saturated heterocycles. The van der Waals surface area contributed by atoms with Crippen molar-refractivity contribution in [3.05, 3.63) is 18.1 Å². The lowest BCUT2D eigenvalue weighted by Crippen LogP contribution is -2.37. The molecule has 3 heterocycles. The SMILES string of the molecule is Cc1cc(N2CCC(C(F)F)CC2)n2ncnc2n1. The van der Waals surface area contributed by atoms with Crippen LogP contribution in [-0.2, 0) is 0 Å². The summed E-state index contributed by atoms with van der Waals surface area (Å²) in [5.74, 6) is 0.948. The third-order valence-electron chi connectivity index (χ3n) is 3.58. The Morgan fingerprint density at radius 3 is 2.74 bits per heavy atom. The normalized spacial score (nSPS) is 17.6. The molecule has 0 aliphatic carbocycles. The molecule has 102 valence electrons. The minimum atomic E-state index is -2.22. The Labute approximate surface area is 109 Å². The largest absolute Gasteiger partial charge is 0.356 e. The number of anilines is 1. The highest BCUT2D eigenvalue weighted by molar-refractivity contribution is 5.47. The van der Waals surface area contributed by atoms with Crippen molar-refractivity contribution in [2.24, 2.45) is 5.92 Å². The maximum Gasteiger partial charge on any atom is 0.254 e. The van der Waals surface area contributed by atoms with Gasteiger partial charge >= 0.3 is 0 Å². The van der Waals surface area contributed by atoms with Crippen LogP contribution in [0.25, 0.3) is 5.78 Å². The Morgan fingerprint density at radius 1 is 1.32 bits per heavy atom. The fraction of sp³-hybridized carbons (Fsp3) is 0.583. The van der Waals surface area contributed by atoms with Crippen molar-refractivity contribution in [2.45, 2.75) is 26.2 Å². The van der Waals surface area contributed by atoms with Gasteiger partial charge in [0.15, 0.2) is 0 Å². The van der Waals surface area contributed by atoms with Crippen LogP contribution in [0.15, 0.2) is 12.4 Å². The number of hydrogen-bond acceptors (Lipinski definition) is 4. The second kappa shape index (κ2) is 4.71. The van der Waals surface area contributed by atoms with Crippen LogP contribution in [-0.4, -0.2) is 39.1 Å². The fourth-order valence-electron chi connectivity index (χ4n) is 2.52. The second-order valence-electron chi connectivity index (χ2n) is 4.89. The van der Waals surface area contributed by atoms with Gasteiger partial charge in [-0.05, 0) is 19.8 Å². The summed E-state index contributed by atoms with van der Waals surface area (Å²) in [6.45, 7) is 3.13. The van der Waals surface area contributed by atoms with E-state index in [-0.39, 0.29) is 0 Å². The monoisotopic (exact) mass is 267 g/mol. The minimum Gasteiger partial charge on any atom is -0.356 e. The van der Waals surface area contributed by atoms with E-state index in [1.165, 1.54) is 6.33 Å². The van der Waals surface area contributed by atoms with Gasteiger partial charge in [-0.2, -0.15) is 14.6 Å². The van der Waals surface area contributed by atoms with E-state index in [1.807, 2.05) is 13.0 Å². The number of halogens is 2. The number of aryl methyl sites for hydroxylation is 1. The van der Waals surface area contributed by atoms with Crippen molar-refractivity contribution >= 4 is 11.6 Å². The number of alkyl halides is 2. The van der Waals surface area contributed by atoms with Gasteiger partial charge in [-0.15, -0.1) is 0 Å². The van der Waals surface area contributed by atoms with Crippen LogP contribution in [0.2, 0.25) is 0 Å². The maximum absolute atomic E-state index is 12.7. The quantitative estimate of drug-likeness (QED) is 0.834. The number of fused-ring (bicyclic) bond motifs is 1. The molecule has 0 N–H and O–H groups in total. The third kappa shape index (κ3) is 2.24. The maximum atomic E-state index is 12.7. The Hall–Kier alpha value is -1.79. The number of rotatable bonds is 2. The zero-order valence-corrected chi connectivity index (χ0v) is 10.6. The average Bonchev–Trinajstić information content (AvgIpc) is 2.85. The van der Waals surface area contributed by atoms with E-state index < -0.39 is 12.3 Å². The molecular formula is C12H15F2N5. The van der Waals surface area contributed by atoms with E-state index in [0.29, 0.717) is 31.7 Å². The van der Waals surface area contributed by atoms with E-state index >= 15 is 0 Å². The summed E-state index contributed by atoms with van der Waals surface area (Å²) in [5, 5.41) is 4.14. The summed E-state index contributed by atoms with van der Waals surface area (Å²) >= 11 is 0. The van der Waals surface area contributed by atoms with E-state index in [4.69, 9.17) is 0 Å². The first-order valence-electron chi connectivity index (χ1n) is 6.35. The fourth-order valence-corrected chi connectivity index (χ4v) is 2.52. The second-order valence-corrected chi connectivity index (χ2v) is 4.89. The molecule has 1 fully saturated rings. The smallest absolute Gasteiger partial charge is 0.254 e. The van der Waals surface area contributed by atoms with Crippen LogP contribution in [0.3, 0.4) is 0 Å². The molecule has 0 aromatic carbocycles. The first kappa shape index (κ1) is 12.3. The average molecular weight is 267 g/mol. The minimum absolute atomic E-state index is 0.481. The topological polar surface area (TPSA) is 46.3 Å². The van der Waals surface area contributed by atoms with E-state index in [1.54, 1.807) is 4.52 Å². The molecule has 0 atom stereocenters. The highest BCUT2D eigenvalue weighted by Gasteiger charge is 2.27. The van der Waals surface area contributed by atoms with Crippen LogP contribution in [0.4, 0.5) is 14.6 Å². The number of hydrogen-bond donors (Lipinski definition) is 0. The molecule has 0 amide bonds. The van der Waals surface area contributed by atoms with Gasteiger partial charge in [0.1, 0.15) is 12.1 Å². The van der Waals surface area contributed by atoms with Gasteiger partial charge < -0.3 is 4.90 Å². The molecule has 1 aliphatic rings. The molecule has 1 aliphatic heterocycles. The van der Waals surface area contributed by atoms with Crippen LogP contribution in [0.5, 0.6) is 0 Å². The highest BCUT2D eigenvalue weighted by Crippen LogP contribution is 2.27. The molecule has 7 heteroatoms. The van der Waals surface area contributed by atoms with Crippen LogP contribution in [0.1, 0.15) is 18.5 Å². The Bertz CT molecular complexity index is 575. The molecular weight excluding hydrogens is 252 g/mol. The molecule has 2 aromatic rings. The Morgan fingerprint density at radius 2 is 2.05 bits per heavy atom. The van der Waals surface area contributed by atoms with Gasteiger partial charge in [0.25, 0.3) is 5.78 Å². The third-order valence-corrected chi connectivity index (χ3v) is 3.58. The Balaban J connectivity index is 1.87. The molecule has 19 heavy (non-hydrogen) atoms. The zero-order chi connectivity index (χ0) is 13.4. The summed E-state index contributed by atoms with van der Waals surface area (Å²) in [5.41, 5.74) is 0.853. The van der Waals surface area contributed by atoms with Gasteiger partial charge in [0.2, 0.25) is 6.43 Å². The molecule has 0 spiro atoms. The van der Waals surface area contributed by atoms with Crippen molar-refractivity contribution < 1.29 is 8.78 Å². The van der Waals surface area contributed by atoms with Gasteiger partial charge in [-0.1, -0.05) is 0 Å². The van der Waals surface area contributed by atoms with Gasteiger partial charge in [-0.25, -0.2) is 13.8 Å². The van der Waals surface area contributed by atoms with Crippen molar-refractivity contribution in [3.63, 3.8) is 0 Å². The van der Waals surface area contributed by atoms with Crippen molar-refractivity contribution in [1.82, 2.24) is 19.6 Å². The van der Waals surface area contributed by atoms with Crippen LogP contribution >= 0.6 is 0 Å². The summed E-state index contributed by atoms with van der Waals surface area (Å²) in [6, 6.07) is 1.92. The molecule has 5 nitrogen and oxygen atoms in total. The lowest BCUT2D eigenvalue weighted by Gasteiger charge is -2.33. The van der Waals surface area contributed by atoms with Crippen molar-refractivity contribution in [1.29, 1.82) is 0 Å². The van der Waals surface area contributed by atoms with E-state index in [9.17, 15) is 8.78 Å². The van der Waals surface area contributed by atoms with Gasteiger partial charge in [0.05, 0.1) is 0 Å². The van der Waals surface area contributed by atoms with Crippen LogP contribution < -0.4 is 4.90 Å². The number of aromatic nitrogens is 4. The highest BCUT2D eigenvalue weighted by atomic mass is 19.3. The molecule has 0 saturated carbocycles. The van der Waals surface area contributed by atoms with E-state index in [2.05, 4.69) is 20.0 Å². The number of piperidine rings is 1. The summed E-state index contributed by atoms with van der Waals surface area (Å²) in [7, 11) is 0. The molecule has 0 unspecified atom stereocenters. The predicted octanol–water partition coefficient (Wildman–Crippen LogP) is 1.91. The van der Waals surface area contributed by atoms with Crippen molar-refractivity contribution in [2.75, 3.05) is 18.0 Å². The molecule has 3 rings (SSSR count). The molecule has 2 aromatic heterocycles. The van der Waals surface area contributed by atoms with Crippen LogP contribution in [0, 0.1) is 12.8 Å². The van der Waals surface area contributed by atoms with Gasteiger partial charge in [0, 0.05) is 30.8 Å². The summed E-state index contributed by atoms with van der Waals surface area (Å²) < 4.78 is 27.0. The standard InChI is InChI=1S/C12H15F2N5/c1-8-6-10(19-12(17-8)15-7-16-19)18-4-2-9(3-5-18)11(13)14/h6-7,9,11H,2-5H2,1H3. The number of nitrogens with zero attached hydrogens (tertiary/aromatic N) is 5. The van der Waals surface area contributed by atoms with E-state index in [0.717, 1.165) is 11.5 Å². The molecule has 0 bridgehead atoms. The van der Waals surface area contributed by atoms with Gasteiger partial charge in [-0.3, -0.25) is 0 Å². The summed E-state index contributed by atoms with van der Waals surface area (Å²) in [6.07, 6.45) is 0.259. The Kier molecular flexibility index (Phi) is 3.04. The first-order valence-corrected chi connectivity index (χ1v) is 6.35. The summed E-state index contributed by atoms with van der Waals surface area (Å²) in [4.78, 5) is 10.4. The lowest BCUT2D eigenvalue weighted by molar-refractivity contribution is 0.0635. The van der Waals surface area contributed by atoms with Crippen molar-refractivity contribution in [3.8, 4) is 0 Å². The first-order chi connectivity index (χ1) is 9.15. The predicted molar refractivity (Wildman–Crippen MR) is 66.5 cm³/mol. The molecule has 0 radical (unpaired) electrons. The zero-order valence-electron chi connectivity index (χ0n) is 10.6.